The summed E-state index contributed by atoms with van der Waals surface area (Å²) in [7, 11) is 0. The van der Waals surface area contributed by atoms with Gasteiger partial charge in [-0.1, -0.05) is 0 Å². The summed E-state index contributed by atoms with van der Waals surface area (Å²) in [5.41, 5.74) is 2.82. The molecule has 1 aromatic rings. The fourth-order valence-electron chi connectivity index (χ4n) is 3.01. The smallest absolute Gasteiger partial charge is 0.0658 e. The summed E-state index contributed by atoms with van der Waals surface area (Å²) in [6, 6.07) is 3.19. The van der Waals surface area contributed by atoms with E-state index in [1.807, 2.05) is 0 Å². The molecule has 1 aliphatic carbocycles. The average Bonchev–Trinajstić information content (AvgIpc) is 2.92. The molecular formula is C13H19N3S. The van der Waals surface area contributed by atoms with Crippen LogP contribution in [0.3, 0.4) is 0 Å². The highest BCUT2D eigenvalue weighted by molar-refractivity contribution is 7.99. The van der Waals surface area contributed by atoms with Gasteiger partial charge in [-0.15, -0.1) is 0 Å². The van der Waals surface area contributed by atoms with E-state index in [-0.39, 0.29) is 0 Å². The van der Waals surface area contributed by atoms with Crippen molar-refractivity contribution in [3.05, 3.63) is 17.5 Å². The van der Waals surface area contributed by atoms with Crippen molar-refractivity contribution in [2.75, 3.05) is 18.1 Å². The van der Waals surface area contributed by atoms with Crippen molar-refractivity contribution in [1.29, 1.82) is 0 Å². The van der Waals surface area contributed by atoms with Gasteiger partial charge >= 0.3 is 0 Å². The standard InChI is InChI=1S/C13H19N3S/c1-2-10(1)13-7-12-8-15(4-5-16(12)14-13)11-3-6-17-9-11/h7,10-11H,1-6,8-9H2/t11-/m1/s1. The summed E-state index contributed by atoms with van der Waals surface area (Å²) in [5, 5.41) is 4.76. The Morgan fingerprint density at radius 1 is 1.24 bits per heavy atom. The minimum atomic E-state index is 0.795. The average molecular weight is 249 g/mol. The van der Waals surface area contributed by atoms with E-state index in [4.69, 9.17) is 5.10 Å². The molecule has 1 aromatic heterocycles. The molecule has 1 saturated carbocycles. The fourth-order valence-corrected chi connectivity index (χ4v) is 4.26. The zero-order valence-electron chi connectivity index (χ0n) is 10.1. The van der Waals surface area contributed by atoms with Gasteiger partial charge in [0.15, 0.2) is 0 Å². The molecule has 0 aromatic carbocycles. The monoisotopic (exact) mass is 249 g/mol. The molecule has 92 valence electrons. The van der Waals surface area contributed by atoms with Crippen LogP contribution >= 0.6 is 11.8 Å². The second-order valence-electron chi connectivity index (χ2n) is 5.55. The van der Waals surface area contributed by atoms with Crippen LogP contribution in [0.4, 0.5) is 0 Å². The van der Waals surface area contributed by atoms with Crippen LogP contribution in [-0.2, 0) is 13.1 Å². The molecule has 0 N–H and O–H groups in total. The highest BCUT2D eigenvalue weighted by Gasteiger charge is 2.31. The van der Waals surface area contributed by atoms with Crippen molar-refractivity contribution in [2.24, 2.45) is 0 Å². The molecule has 1 atom stereocenters. The van der Waals surface area contributed by atoms with Gasteiger partial charge in [-0.25, -0.2) is 0 Å². The molecule has 3 heterocycles. The van der Waals surface area contributed by atoms with Gasteiger partial charge < -0.3 is 0 Å². The predicted molar refractivity (Wildman–Crippen MR) is 70.3 cm³/mol. The Morgan fingerprint density at radius 2 is 2.18 bits per heavy atom. The van der Waals surface area contributed by atoms with E-state index < -0.39 is 0 Å². The van der Waals surface area contributed by atoms with Gasteiger partial charge in [0, 0.05) is 30.8 Å². The van der Waals surface area contributed by atoms with Crippen LogP contribution in [0.25, 0.3) is 0 Å². The third-order valence-corrected chi connectivity index (χ3v) is 5.41. The summed E-state index contributed by atoms with van der Waals surface area (Å²) in [6.45, 7) is 3.43. The van der Waals surface area contributed by atoms with Crippen LogP contribution in [0.5, 0.6) is 0 Å². The van der Waals surface area contributed by atoms with Crippen LogP contribution in [0.1, 0.15) is 36.6 Å². The Balaban J connectivity index is 1.53. The van der Waals surface area contributed by atoms with Crippen molar-refractivity contribution in [3.8, 4) is 0 Å². The van der Waals surface area contributed by atoms with Crippen LogP contribution < -0.4 is 0 Å². The fraction of sp³-hybridized carbons (Fsp3) is 0.769. The zero-order chi connectivity index (χ0) is 11.2. The number of hydrogen-bond acceptors (Lipinski definition) is 3. The topological polar surface area (TPSA) is 21.1 Å². The summed E-state index contributed by atoms with van der Waals surface area (Å²) in [4.78, 5) is 2.67. The first-order chi connectivity index (χ1) is 8.40. The van der Waals surface area contributed by atoms with Gasteiger partial charge in [-0.3, -0.25) is 9.58 Å². The Morgan fingerprint density at radius 3 is 2.94 bits per heavy atom. The van der Waals surface area contributed by atoms with Crippen LogP contribution in [0.15, 0.2) is 6.07 Å². The number of nitrogens with zero attached hydrogens (tertiary/aromatic N) is 3. The predicted octanol–water partition coefficient (Wildman–Crippen LogP) is 2.08. The summed E-state index contributed by atoms with van der Waals surface area (Å²) >= 11 is 2.11. The number of fused-ring (bicyclic) bond motifs is 1. The largest absolute Gasteiger partial charge is 0.292 e. The first kappa shape index (κ1) is 10.4. The summed E-state index contributed by atoms with van der Waals surface area (Å²) < 4.78 is 2.26. The van der Waals surface area contributed by atoms with E-state index in [1.54, 1.807) is 0 Å². The molecule has 3 aliphatic rings. The highest BCUT2D eigenvalue weighted by Crippen LogP contribution is 2.40. The van der Waals surface area contributed by atoms with Gasteiger partial charge in [-0.2, -0.15) is 16.9 Å². The second-order valence-corrected chi connectivity index (χ2v) is 6.70. The molecule has 4 rings (SSSR count). The second kappa shape index (κ2) is 4.02. The van der Waals surface area contributed by atoms with E-state index in [1.165, 1.54) is 48.7 Å². The van der Waals surface area contributed by atoms with Crippen LogP contribution in [-0.4, -0.2) is 38.8 Å². The zero-order valence-corrected chi connectivity index (χ0v) is 11.0. The lowest BCUT2D eigenvalue weighted by Gasteiger charge is -2.32. The van der Waals surface area contributed by atoms with E-state index in [2.05, 4.69) is 27.4 Å². The van der Waals surface area contributed by atoms with Crippen molar-refractivity contribution in [3.63, 3.8) is 0 Å². The van der Waals surface area contributed by atoms with Crippen molar-refractivity contribution in [2.45, 2.75) is 44.3 Å². The molecule has 0 spiro atoms. The van der Waals surface area contributed by atoms with Gasteiger partial charge in [0.25, 0.3) is 0 Å². The lowest BCUT2D eigenvalue weighted by molar-refractivity contribution is 0.164. The van der Waals surface area contributed by atoms with E-state index in [0.29, 0.717) is 0 Å². The van der Waals surface area contributed by atoms with Gasteiger partial charge in [0.2, 0.25) is 0 Å². The molecule has 3 nitrogen and oxygen atoms in total. The first-order valence-electron chi connectivity index (χ1n) is 6.78. The molecule has 17 heavy (non-hydrogen) atoms. The number of thioether (sulfide) groups is 1. The Labute approximate surface area is 107 Å². The van der Waals surface area contributed by atoms with E-state index in [9.17, 15) is 0 Å². The maximum absolute atomic E-state index is 4.76. The molecule has 2 fully saturated rings. The molecule has 0 radical (unpaired) electrons. The highest BCUT2D eigenvalue weighted by atomic mass is 32.2. The molecule has 2 aliphatic heterocycles. The number of hydrogen-bond donors (Lipinski definition) is 0. The minimum absolute atomic E-state index is 0.795. The lowest BCUT2D eigenvalue weighted by Crippen LogP contribution is -2.41. The minimum Gasteiger partial charge on any atom is -0.292 e. The van der Waals surface area contributed by atoms with Crippen molar-refractivity contribution in [1.82, 2.24) is 14.7 Å². The normalized spacial score (nSPS) is 29.5. The SMILES string of the molecule is c1c(C2CC2)nn2c1CN([C@@H]1CCSC1)CC2. The van der Waals surface area contributed by atoms with Gasteiger partial charge in [0.1, 0.15) is 0 Å². The number of rotatable bonds is 2. The Hall–Kier alpha value is -0.480. The summed E-state index contributed by atoms with van der Waals surface area (Å²) in [5.74, 6) is 3.49. The lowest BCUT2D eigenvalue weighted by atomic mass is 10.1. The summed E-state index contributed by atoms with van der Waals surface area (Å²) in [6.07, 6.45) is 4.10. The van der Waals surface area contributed by atoms with Crippen molar-refractivity contribution >= 4 is 11.8 Å². The maximum Gasteiger partial charge on any atom is 0.0658 e. The van der Waals surface area contributed by atoms with Gasteiger partial charge in [0.05, 0.1) is 17.9 Å². The third kappa shape index (κ3) is 1.91. The van der Waals surface area contributed by atoms with Crippen LogP contribution in [0.2, 0.25) is 0 Å². The quantitative estimate of drug-likeness (QED) is 0.801. The van der Waals surface area contributed by atoms with E-state index in [0.717, 1.165) is 25.0 Å². The Bertz CT molecular complexity index is 418. The third-order valence-electron chi connectivity index (χ3n) is 4.26. The molecule has 4 heteroatoms. The molecule has 0 bridgehead atoms. The molecular weight excluding hydrogens is 230 g/mol. The van der Waals surface area contributed by atoms with E-state index >= 15 is 0 Å². The first-order valence-corrected chi connectivity index (χ1v) is 7.94. The molecule has 1 saturated heterocycles. The Kier molecular flexibility index (Phi) is 2.47. The molecule has 0 amide bonds. The number of aromatic nitrogens is 2. The molecule has 0 unspecified atom stereocenters. The van der Waals surface area contributed by atoms with Crippen molar-refractivity contribution < 1.29 is 0 Å². The van der Waals surface area contributed by atoms with Gasteiger partial charge in [-0.05, 0) is 31.1 Å². The van der Waals surface area contributed by atoms with Crippen LogP contribution in [0, 0.1) is 0 Å². The maximum atomic E-state index is 4.76.